The number of carbonyl (C=O) groups excluding carboxylic acids is 1. The highest BCUT2D eigenvalue weighted by atomic mass is 32.1. The van der Waals surface area contributed by atoms with Crippen molar-refractivity contribution >= 4 is 18.0 Å². The highest BCUT2D eigenvalue weighted by molar-refractivity contribution is 7.71. The molecule has 25 heavy (non-hydrogen) atoms. The van der Waals surface area contributed by atoms with Gasteiger partial charge in [0.2, 0.25) is 12.2 Å². The first kappa shape index (κ1) is 15.1. The van der Waals surface area contributed by atoms with Crippen LogP contribution in [0.25, 0.3) is 0 Å². The second kappa shape index (κ2) is 5.02. The molecular weight excluding hydrogens is 340 g/mol. The van der Waals surface area contributed by atoms with E-state index in [1.54, 1.807) is 4.68 Å². The van der Waals surface area contributed by atoms with Crippen molar-refractivity contribution in [2.75, 3.05) is 6.61 Å². The van der Waals surface area contributed by atoms with Gasteiger partial charge in [-0.15, -0.1) is 5.10 Å². The maximum atomic E-state index is 12.1. The fourth-order valence-corrected chi connectivity index (χ4v) is 6.81. The Hall–Kier alpha value is -1.05. The van der Waals surface area contributed by atoms with Crippen LogP contribution >= 0.6 is 12.2 Å². The van der Waals surface area contributed by atoms with Crippen LogP contribution in [0.3, 0.4) is 0 Å². The Morgan fingerprint density at radius 3 is 2.48 bits per heavy atom. The lowest BCUT2D eigenvalue weighted by Crippen LogP contribution is -2.48. The number of hydrogen-bond donors (Lipinski definition) is 0. The molecule has 0 unspecified atom stereocenters. The molecule has 4 aliphatic carbocycles. The quantitative estimate of drug-likeness (QED) is 0.754. The highest BCUT2D eigenvalue weighted by Gasteiger charge is 2.54. The van der Waals surface area contributed by atoms with Crippen LogP contribution in [-0.4, -0.2) is 34.6 Å². The molecule has 6 bridgehead atoms. The van der Waals surface area contributed by atoms with Gasteiger partial charge in [-0.1, -0.05) is 0 Å². The minimum atomic E-state index is -0.690. The Morgan fingerprint density at radius 2 is 1.80 bits per heavy atom. The summed E-state index contributed by atoms with van der Waals surface area (Å²) in [6.07, 6.45) is 7.20. The van der Waals surface area contributed by atoms with E-state index in [1.165, 1.54) is 38.5 Å². The van der Waals surface area contributed by atoms with Crippen molar-refractivity contribution in [1.29, 1.82) is 0 Å². The number of hydrogen-bond acceptors (Lipinski definition) is 6. The van der Waals surface area contributed by atoms with E-state index in [0.29, 0.717) is 17.9 Å². The van der Waals surface area contributed by atoms with E-state index < -0.39 is 6.29 Å². The summed E-state index contributed by atoms with van der Waals surface area (Å²) in [5.74, 6) is 3.25. The molecule has 0 aromatic carbocycles. The van der Waals surface area contributed by atoms with Gasteiger partial charge in [-0.3, -0.25) is 4.79 Å². The molecule has 0 radical (unpaired) electrons. The van der Waals surface area contributed by atoms with Gasteiger partial charge in [-0.25, -0.2) is 4.68 Å². The molecule has 7 rings (SSSR count). The molecule has 2 saturated heterocycles. The van der Waals surface area contributed by atoms with Crippen LogP contribution in [0.2, 0.25) is 0 Å². The first-order valence-electron chi connectivity index (χ1n) is 9.49. The first-order chi connectivity index (χ1) is 12.1. The fraction of sp³-hybridized carbons (Fsp3) is 0.833. The number of nitrogens with zero attached hydrogens (tertiary/aromatic N) is 2. The van der Waals surface area contributed by atoms with Crippen LogP contribution in [0.4, 0.5) is 0 Å². The van der Waals surface area contributed by atoms with Crippen LogP contribution in [-0.2, 0) is 19.7 Å². The SMILES string of the molecule is O=C1C[C@H](n2nc(C34CC5CC(CC(C5)C3)C4)oc2=S)[C@H]2CO[C@@H]1O2. The third kappa shape index (κ3) is 2.12. The monoisotopic (exact) mass is 362 g/mol. The third-order valence-electron chi connectivity index (χ3n) is 7.19. The van der Waals surface area contributed by atoms with Gasteiger partial charge < -0.3 is 13.9 Å². The average molecular weight is 362 g/mol. The van der Waals surface area contributed by atoms with Gasteiger partial charge in [-0.05, 0) is 68.5 Å². The van der Waals surface area contributed by atoms with Crippen molar-refractivity contribution in [3.63, 3.8) is 0 Å². The third-order valence-corrected chi connectivity index (χ3v) is 7.46. The lowest BCUT2D eigenvalue weighted by Gasteiger charge is -2.55. The van der Waals surface area contributed by atoms with Gasteiger partial charge in [0.1, 0.15) is 6.10 Å². The highest BCUT2D eigenvalue weighted by Crippen LogP contribution is 2.60. The minimum Gasteiger partial charge on any atom is -0.413 e. The molecule has 0 N–H and O–H groups in total. The molecule has 0 spiro atoms. The van der Waals surface area contributed by atoms with Gasteiger partial charge in [0.15, 0.2) is 5.78 Å². The Balaban J connectivity index is 1.37. The number of ketones is 1. The van der Waals surface area contributed by atoms with Crippen LogP contribution in [0.15, 0.2) is 4.42 Å². The van der Waals surface area contributed by atoms with Gasteiger partial charge in [0, 0.05) is 11.8 Å². The van der Waals surface area contributed by atoms with Crippen LogP contribution in [0.5, 0.6) is 0 Å². The predicted molar refractivity (Wildman–Crippen MR) is 88.5 cm³/mol. The molecular formula is C18H22N2O4S. The summed E-state index contributed by atoms with van der Waals surface area (Å²) < 4.78 is 18.9. The zero-order valence-corrected chi connectivity index (χ0v) is 14.9. The number of carbonyl (C=O) groups is 1. The van der Waals surface area contributed by atoms with Crippen molar-refractivity contribution < 1.29 is 18.7 Å². The summed E-state index contributed by atoms with van der Waals surface area (Å²) in [7, 11) is 0. The molecule has 3 heterocycles. The van der Waals surface area contributed by atoms with Gasteiger partial charge in [0.25, 0.3) is 4.84 Å². The number of aromatic nitrogens is 2. The van der Waals surface area contributed by atoms with E-state index in [4.69, 9.17) is 31.2 Å². The minimum absolute atomic E-state index is 0.0278. The molecule has 0 amide bonds. The summed E-state index contributed by atoms with van der Waals surface area (Å²) in [5, 5.41) is 4.83. The smallest absolute Gasteiger partial charge is 0.287 e. The topological polar surface area (TPSA) is 66.5 Å². The summed E-state index contributed by atoms with van der Waals surface area (Å²) >= 11 is 5.49. The number of ether oxygens (including phenoxy) is 2. The second-order valence-corrected chi connectivity index (χ2v) is 9.24. The molecule has 134 valence electrons. The molecule has 7 heteroatoms. The van der Waals surface area contributed by atoms with Crippen molar-refractivity contribution in [1.82, 2.24) is 9.78 Å². The number of fused-ring (bicyclic) bond motifs is 2. The lowest BCUT2D eigenvalue weighted by molar-refractivity contribution is -0.156. The second-order valence-electron chi connectivity index (χ2n) is 8.89. The normalized spacial score (nSPS) is 47.6. The maximum absolute atomic E-state index is 12.1. The summed E-state index contributed by atoms with van der Waals surface area (Å²) in [5.41, 5.74) is 0.0712. The standard InChI is InChI=1S/C18H22N2O4S/c21-13-4-12(14-8-22-15(13)23-14)20-17(25)24-16(19-20)18-5-9-1-10(6-18)3-11(2-9)7-18/h9-12,14-15H,1-8H2/t9?,10?,11?,12-,14+,15+,18?/m0/s1. The molecule has 6 nitrogen and oxygen atoms in total. The first-order valence-corrected chi connectivity index (χ1v) is 9.90. The number of Topliss-reactive ketones (excluding diaryl/α,β-unsaturated/α-hetero) is 1. The molecule has 3 atom stereocenters. The van der Waals surface area contributed by atoms with Gasteiger partial charge in [-0.2, -0.15) is 0 Å². The largest absolute Gasteiger partial charge is 0.413 e. The fourth-order valence-electron chi connectivity index (χ4n) is 6.55. The average Bonchev–Trinajstić information content (AvgIpc) is 3.16. The molecule has 1 aromatic heterocycles. The van der Waals surface area contributed by atoms with E-state index in [2.05, 4.69) is 0 Å². The van der Waals surface area contributed by atoms with Crippen molar-refractivity contribution in [2.45, 2.75) is 68.8 Å². The Labute approximate surface area is 150 Å². The van der Waals surface area contributed by atoms with E-state index in [0.717, 1.165) is 23.6 Å². The Bertz CT molecular complexity index is 764. The summed E-state index contributed by atoms with van der Waals surface area (Å²) in [6.45, 7) is 0.419. The van der Waals surface area contributed by atoms with E-state index in [-0.39, 0.29) is 23.3 Å². The molecule has 4 saturated carbocycles. The van der Waals surface area contributed by atoms with Crippen LogP contribution < -0.4 is 0 Å². The van der Waals surface area contributed by atoms with Crippen LogP contribution in [0.1, 0.15) is 56.9 Å². The Morgan fingerprint density at radius 1 is 1.12 bits per heavy atom. The molecule has 1 aromatic rings. The maximum Gasteiger partial charge on any atom is 0.287 e. The zero-order chi connectivity index (χ0) is 16.8. The van der Waals surface area contributed by atoms with Gasteiger partial charge in [0.05, 0.1) is 12.6 Å². The van der Waals surface area contributed by atoms with Crippen LogP contribution in [0, 0.1) is 22.6 Å². The van der Waals surface area contributed by atoms with Gasteiger partial charge >= 0.3 is 0 Å². The van der Waals surface area contributed by atoms with Crippen molar-refractivity contribution in [2.24, 2.45) is 17.8 Å². The van der Waals surface area contributed by atoms with E-state index >= 15 is 0 Å². The summed E-state index contributed by atoms with van der Waals surface area (Å²) in [6, 6.07) is -0.204. The predicted octanol–water partition coefficient (Wildman–Crippen LogP) is 2.93. The zero-order valence-electron chi connectivity index (χ0n) is 14.1. The lowest BCUT2D eigenvalue weighted by atomic mass is 9.49. The van der Waals surface area contributed by atoms with E-state index in [1.807, 2.05) is 0 Å². The van der Waals surface area contributed by atoms with Crippen molar-refractivity contribution in [3.05, 3.63) is 10.7 Å². The van der Waals surface area contributed by atoms with Crippen molar-refractivity contribution in [3.8, 4) is 0 Å². The Kier molecular flexibility index (Phi) is 3.02. The van der Waals surface area contributed by atoms with E-state index in [9.17, 15) is 4.79 Å². The number of rotatable bonds is 2. The summed E-state index contributed by atoms with van der Waals surface area (Å²) in [4.78, 5) is 12.5. The molecule has 2 aliphatic heterocycles. The molecule has 6 fully saturated rings. The molecule has 6 aliphatic rings.